The molecule has 0 spiro atoms. The molecule has 1 unspecified atom stereocenters. The highest BCUT2D eigenvalue weighted by Gasteiger charge is 2.20. The lowest BCUT2D eigenvalue weighted by Gasteiger charge is -2.10. The summed E-state index contributed by atoms with van der Waals surface area (Å²) in [5, 5.41) is -0.548. The van der Waals surface area contributed by atoms with Crippen molar-refractivity contribution in [3.63, 3.8) is 0 Å². The van der Waals surface area contributed by atoms with Gasteiger partial charge < -0.3 is 10.2 Å². The van der Waals surface area contributed by atoms with Crippen LogP contribution in [0.1, 0.15) is 11.5 Å². The molecule has 1 heterocycles. The van der Waals surface area contributed by atoms with Gasteiger partial charge in [0, 0.05) is 19.2 Å². The SMILES string of the molecule is Cc1ccc(CC(CN)S(C)(=O)=O)o1. The number of hydrogen-bond donors (Lipinski definition) is 1. The topological polar surface area (TPSA) is 73.3 Å². The van der Waals surface area contributed by atoms with E-state index in [2.05, 4.69) is 0 Å². The Morgan fingerprint density at radius 2 is 2.14 bits per heavy atom. The minimum absolute atomic E-state index is 0.124. The molecule has 0 aliphatic rings. The third-order valence-corrected chi connectivity index (χ3v) is 3.66. The maximum Gasteiger partial charge on any atom is 0.151 e. The number of furan rings is 1. The fraction of sp³-hybridized carbons (Fsp3) is 0.556. The van der Waals surface area contributed by atoms with Crippen molar-refractivity contribution in [1.29, 1.82) is 0 Å². The molecule has 0 aliphatic heterocycles. The second kappa shape index (κ2) is 4.14. The van der Waals surface area contributed by atoms with Crippen molar-refractivity contribution in [3.05, 3.63) is 23.7 Å². The lowest BCUT2D eigenvalue weighted by molar-refractivity contribution is 0.475. The molecule has 2 N–H and O–H groups in total. The van der Waals surface area contributed by atoms with Crippen molar-refractivity contribution in [2.75, 3.05) is 12.8 Å². The van der Waals surface area contributed by atoms with Crippen LogP contribution in [0.4, 0.5) is 0 Å². The molecule has 0 aliphatic carbocycles. The van der Waals surface area contributed by atoms with E-state index in [1.165, 1.54) is 6.26 Å². The zero-order valence-electron chi connectivity index (χ0n) is 8.36. The van der Waals surface area contributed by atoms with Gasteiger partial charge >= 0.3 is 0 Å². The van der Waals surface area contributed by atoms with Crippen LogP contribution >= 0.6 is 0 Å². The van der Waals surface area contributed by atoms with E-state index in [0.717, 1.165) is 5.76 Å². The minimum atomic E-state index is -3.09. The standard InChI is InChI=1S/C9H15NO3S/c1-7-3-4-8(13-7)5-9(6-10)14(2,11)12/h3-4,9H,5-6,10H2,1-2H3. The largest absolute Gasteiger partial charge is 0.466 e. The molecule has 0 amide bonds. The smallest absolute Gasteiger partial charge is 0.151 e. The Hall–Kier alpha value is -0.810. The highest BCUT2D eigenvalue weighted by atomic mass is 32.2. The second-order valence-electron chi connectivity index (χ2n) is 3.40. The van der Waals surface area contributed by atoms with Gasteiger partial charge in [0.05, 0.1) is 5.25 Å². The van der Waals surface area contributed by atoms with Crippen LogP contribution in [0.25, 0.3) is 0 Å². The van der Waals surface area contributed by atoms with Gasteiger partial charge in [-0.25, -0.2) is 8.42 Å². The molecule has 0 radical (unpaired) electrons. The summed E-state index contributed by atoms with van der Waals surface area (Å²) in [6, 6.07) is 3.59. The summed E-state index contributed by atoms with van der Waals surface area (Å²) in [4.78, 5) is 0. The molecule has 1 atom stereocenters. The normalized spacial score (nSPS) is 14.2. The number of rotatable bonds is 4. The zero-order chi connectivity index (χ0) is 10.8. The zero-order valence-corrected chi connectivity index (χ0v) is 9.17. The van der Waals surface area contributed by atoms with E-state index in [-0.39, 0.29) is 6.54 Å². The molecular weight excluding hydrogens is 202 g/mol. The highest BCUT2D eigenvalue weighted by Crippen LogP contribution is 2.12. The third kappa shape index (κ3) is 2.85. The Morgan fingerprint density at radius 1 is 1.50 bits per heavy atom. The van der Waals surface area contributed by atoms with Crippen LogP contribution in [0.15, 0.2) is 16.5 Å². The average Bonchev–Trinajstić information content (AvgIpc) is 2.45. The first-order chi connectivity index (χ1) is 6.43. The van der Waals surface area contributed by atoms with E-state index < -0.39 is 15.1 Å². The maximum atomic E-state index is 11.3. The second-order valence-corrected chi connectivity index (χ2v) is 5.73. The van der Waals surface area contributed by atoms with Crippen LogP contribution in [0.2, 0.25) is 0 Å². The van der Waals surface area contributed by atoms with Gasteiger partial charge in [0.2, 0.25) is 0 Å². The number of aryl methyl sites for hydroxylation is 1. The molecule has 5 heteroatoms. The molecule has 14 heavy (non-hydrogen) atoms. The van der Waals surface area contributed by atoms with E-state index >= 15 is 0 Å². The summed E-state index contributed by atoms with van der Waals surface area (Å²) >= 11 is 0. The van der Waals surface area contributed by atoms with Crippen molar-refractivity contribution < 1.29 is 12.8 Å². The Kier molecular flexibility index (Phi) is 3.34. The highest BCUT2D eigenvalue weighted by molar-refractivity contribution is 7.91. The summed E-state index contributed by atoms with van der Waals surface area (Å²) in [7, 11) is -3.09. The van der Waals surface area contributed by atoms with Gasteiger partial charge in [-0.2, -0.15) is 0 Å². The third-order valence-electron chi connectivity index (χ3n) is 2.09. The molecule has 1 aromatic rings. The van der Waals surface area contributed by atoms with Crippen molar-refractivity contribution in [2.24, 2.45) is 5.73 Å². The predicted molar refractivity (Wildman–Crippen MR) is 54.8 cm³/mol. The molecule has 1 aromatic heterocycles. The molecule has 0 fully saturated rings. The van der Waals surface area contributed by atoms with Crippen molar-refractivity contribution in [2.45, 2.75) is 18.6 Å². The molecule has 80 valence electrons. The summed E-state index contributed by atoms with van der Waals surface area (Å²) in [6.07, 6.45) is 1.55. The quantitative estimate of drug-likeness (QED) is 0.797. The average molecular weight is 217 g/mol. The molecule has 0 saturated heterocycles. The van der Waals surface area contributed by atoms with Crippen molar-refractivity contribution in [1.82, 2.24) is 0 Å². The van der Waals surface area contributed by atoms with Gasteiger partial charge in [-0.15, -0.1) is 0 Å². The van der Waals surface area contributed by atoms with Gasteiger partial charge in [0.1, 0.15) is 11.5 Å². The minimum Gasteiger partial charge on any atom is -0.466 e. The van der Waals surface area contributed by atoms with Crippen LogP contribution < -0.4 is 5.73 Å². The summed E-state index contributed by atoms with van der Waals surface area (Å²) in [5.41, 5.74) is 5.39. The Balaban J connectivity index is 2.76. The molecule has 0 saturated carbocycles. The lowest BCUT2D eigenvalue weighted by atomic mass is 10.2. The van der Waals surface area contributed by atoms with E-state index in [1.54, 1.807) is 6.07 Å². The monoisotopic (exact) mass is 217 g/mol. The number of nitrogens with two attached hydrogens (primary N) is 1. The first-order valence-electron chi connectivity index (χ1n) is 4.37. The Bertz CT molecular complexity index is 394. The van der Waals surface area contributed by atoms with Gasteiger partial charge in [-0.05, 0) is 19.1 Å². The predicted octanol–water partition coefficient (Wildman–Crippen LogP) is 0.502. The van der Waals surface area contributed by atoms with Crippen LogP contribution in [0.5, 0.6) is 0 Å². The Morgan fingerprint density at radius 3 is 2.50 bits per heavy atom. The van der Waals surface area contributed by atoms with Crippen LogP contribution in [-0.2, 0) is 16.3 Å². The van der Waals surface area contributed by atoms with Crippen molar-refractivity contribution in [3.8, 4) is 0 Å². The van der Waals surface area contributed by atoms with Crippen LogP contribution in [0.3, 0.4) is 0 Å². The molecular formula is C9H15NO3S. The Labute approximate surface area is 84.0 Å². The van der Waals surface area contributed by atoms with E-state index in [1.807, 2.05) is 13.0 Å². The van der Waals surface area contributed by atoms with Crippen LogP contribution in [0, 0.1) is 6.92 Å². The fourth-order valence-electron chi connectivity index (χ4n) is 1.23. The summed E-state index contributed by atoms with van der Waals surface area (Å²) in [6.45, 7) is 1.94. The summed E-state index contributed by atoms with van der Waals surface area (Å²) in [5.74, 6) is 1.45. The first kappa shape index (κ1) is 11.3. The molecule has 0 aromatic carbocycles. The number of sulfone groups is 1. The lowest BCUT2D eigenvalue weighted by Crippen LogP contribution is -2.30. The van der Waals surface area contributed by atoms with Gasteiger partial charge in [-0.1, -0.05) is 0 Å². The van der Waals surface area contributed by atoms with E-state index in [9.17, 15) is 8.42 Å². The van der Waals surface area contributed by atoms with Gasteiger partial charge in [-0.3, -0.25) is 0 Å². The van der Waals surface area contributed by atoms with E-state index in [0.29, 0.717) is 12.2 Å². The van der Waals surface area contributed by atoms with E-state index in [4.69, 9.17) is 10.2 Å². The van der Waals surface area contributed by atoms with Crippen molar-refractivity contribution >= 4 is 9.84 Å². The fourth-order valence-corrected chi connectivity index (χ4v) is 2.05. The molecule has 4 nitrogen and oxygen atoms in total. The van der Waals surface area contributed by atoms with Gasteiger partial charge in [0.25, 0.3) is 0 Å². The first-order valence-corrected chi connectivity index (χ1v) is 6.33. The molecule has 0 bridgehead atoms. The maximum absolute atomic E-state index is 11.3. The number of hydrogen-bond acceptors (Lipinski definition) is 4. The molecule has 1 rings (SSSR count). The summed E-state index contributed by atoms with van der Waals surface area (Å²) < 4.78 is 27.8. The van der Waals surface area contributed by atoms with Gasteiger partial charge in [0.15, 0.2) is 9.84 Å². The van der Waals surface area contributed by atoms with Crippen LogP contribution in [-0.4, -0.2) is 26.5 Å².